The topological polar surface area (TPSA) is 9.23 Å². The number of rotatable bonds is 7. The van der Waals surface area contributed by atoms with E-state index in [1.165, 1.54) is 6.42 Å². The third-order valence-corrected chi connectivity index (χ3v) is 33.5. The third-order valence-electron chi connectivity index (χ3n) is 3.57. The normalized spacial score (nSPS) is 17.7. The first kappa shape index (κ1) is 17.0. The molecule has 1 aliphatic carbocycles. The molecule has 1 unspecified atom stereocenters. The molecule has 104 valence electrons. The molecule has 0 aliphatic heterocycles. The molecular weight excluding hydrogens is 360 g/mol. The van der Waals surface area contributed by atoms with Gasteiger partial charge >= 0.3 is 121 Å². The summed E-state index contributed by atoms with van der Waals surface area (Å²) in [4.78, 5) is 0. The van der Waals surface area contributed by atoms with E-state index in [1.807, 2.05) is 0 Å². The molecule has 0 heterocycles. The van der Waals surface area contributed by atoms with Gasteiger partial charge in [-0.1, -0.05) is 0 Å². The Kier molecular flexibility index (Phi) is 6.71. The Morgan fingerprint density at radius 2 is 1.50 bits per heavy atom. The molecule has 0 N–H and O–H groups in total. The molecule has 1 rings (SSSR count). The molecule has 0 fully saturated rings. The summed E-state index contributed by atoms with van der Waals surface area (Å²) in [6, 6.07) is 0. The molecule has 0 radical (unpaired) electrons. The maximum atomic E-state index is 5.92. The van der Waals surface area contributed by atoms with Crippen molar-refractivity contribution < 1.29 is 4.52 Å². The van der Waals surface area contributed by atoms with Crippen molar-refractivity contribution in [3.63, 3.8) is 0 Å². The summed E-state index contributed by atoms with van der Waals surface area (Å²) in [5.41, 5.74) is 0.552. The minimum atomic E-state index is -1.53. The van der Waals surface area contributed by atoms with Crippen LogP contribution in [-0.4, -0.2) is 38.8 Å². The summed E-state index contributed by atoms with van der Waals surface area (Å²) in [7, 11) is 0.620. The minimum absolute atomic E-state index is 0.552. The van der Waals surface area contributed by atoms with Crippen LogP contribution in [0.15, 0.2) is 24.3 Å². The van der Waals surface area contributed by atoms with Crippen molar-refractivity contribution in [1.82, 2.24) is 0 Å². The molecule has 0 aromatic rings. The zero-order valence-corrected chi connectivity index (χ0v) is 18.0. The predicted molar refractivity (Wildman–Crippen MR) is 91.4 cm³/mol. The molecule has 0 aromatic heterocycles. The summed E-state index contributed by atoms with van der Waals surface area (Å²) in [5, 5.41) is 0. The van der Waals surface area contributed by atoms with Crippen LogP contribution < -0.4 is 0 Å². The average Bonchev–Trinajstić information content (AvgIpc) is 2.65. The molecule has 0 bridgehead atoms. The number of allylic oxidation sites excluding steroid dienone is 4. The van der Waals surface area contributed by atoms with Crippen molar-refractivity contribution in [2.75, 3.05) is 6.61 Å². The fraction of sp³-hybridized carbons (Fsp3) is 0.714. The molecule has 0 aromatic carbocycles. The summed E-state index contributed by atoms with van der Waals surface area (Å²) in [6.45, 7) is 0.979. The van der Waals surface area contributed by atoms with Gasteiger partial charge in [0, 0.05) is 0 Å². The Morgan fingerprint density at radius 3 is 1.94 bits per heavy atom. The van der Waals surface area contributed by atoms with Crippen molar-refractivity contribution in [2.45, 2.75) is 50.2 Å². The molecule has 0 saturated heterocycles. The number of hydrogen-bond donors (Lipinski definition) is 0. The van der Waals surface area contributed by atoms with Gasteiger partial charge in [0.05, 0.1) is 0 Å². The van der Waals surface area contributed by atoms with Crippen molar-refractivity contribution in [3.8, 4) is 0 Å². The van der Waals surface area contributed by atoms with Crippen LogP contribution in [0.25, 0.3) is 0 Å². The van der Waals surface area contributed by atoms with E-state index in [-0.39, 0.29) is 0 Å². The van der Waals surface area contributed by atoms with Crippen LogP contribution in [0.3, 0.4) is 0 Å². The van der Waals surface area contributed by atoms with E-state index in [1.54, 1.807) is 0 Å². The van der Waals surface area contributed by atoms with Crippen LogP contribution in [0.2, 0.25) is 38.1 Å². The van der Waals surface area contributed by atoms with Gasteiger partial charge in [0.1, 0.15) is 0 Å². The van der Waals surface area contributed by atoms with Gasteiger partial charge in [0.2, 0.25) is 0 Å². The first-order valence-corrected chi connectivity index (χ1v) is 22.9. The quantitative estimate of drug-likeness (QED) is 0.336. The van der Waals surface area contributed by atoms with Crippen LogP contribution in [0.4, 0.5) is 0 Å². The standard InChI is InChI=1S/C14H29Ge2OP/c1-15(2,3)14(16(4,5)6)11-12-17-18-13-9-7-8-10-13/h7-10,13-14,18H,11-12H2,1-6H3. The van der Waals surface area contributed by atoms with Gasteiger partial charge in [-0.3, -0.25) is 0 Å². The zero-order chi connectivity index (χ0) is 13.8. The fourth-order valence-electron chi connectivity index (χ4n) is 3.01. The molecule has 0 saturated carbocycles. The van der Waals surface area contributed by atoms with Crippen LogP contribution in [-0.2, 0) is 4.52 Å². The molecule has 0 spiro atoms. The predicted octanol–water partition coefficient (Wildman–Crippen LogP) is 5.07. The Morgan fingerprint density at radius 1 is 1.00 bits per heavy atom. The van der Waals surface area contributed by atoms with Crippen molar-refractivity contribution in [1.29, 1.82) is 0 Å². The second-order valence-electron chi connectivity index (χ2n) is 7.34. The summed E-state index contributed by atoms with van der Waals surface area (Å²) in [5.74, 6) is 15.5. The van der Waals surface area contributed by atoms with Crippen molar-refractivity contribution >= 4 is 35.3 Å². The summed E-state index contributed by atoms with van der Waals surface area (Å²) < 4.78 is 6.98. The first-order chi connectivity index (χ1) is 8.21. The molecule has 1 nitrogen and oxygen atoms in total. The molecule has 1 aliphatic rings. The average molecular weight is 390 g/mol. The van der Waals surface area contributed by atoms with Gasteiger partial charge in [-0.05, 0) is 0 Å². The SMILES string of the molecule is [CH3][Ge]([CH3])([CH3])[CH](CCOPC1C=CC=C1)[Ge]([CH3])([CH3])[CH3]. The Bertz CT molecular complexity index is 287. The van der Waals surface area contributed by atoms with E-state index in [9.17, 15) is 0 Å². The maximum absolute atomic E-state index is 5.92. The summed E-state index contributed by atoms with van der Waals surface area (Å²) in [6.07, 6.45) is 10.0. The van der Waals surface area contributed by atoms with E-state index >= 15 is 0 Å². The van der Waals surface area contributed by atoms with Gasteiger partial charge < -0.3 is 0 Å². The second-order valence-corrected chi connectivity index (χ2v) is 33.8. The van der Waals surface area contributed by atoms with Crippen molar-refractivity contribution in [3.05, 3.63) is 24.3 Å². The molecule has 4 heteroatoms. The van der Waals surface area contributed by atoms with Crippen LogP contribution in [0.1, 0.15) is 6.42 Å². The second kappa shape index (κ2) is 7.10. The van der Waals surface area contributed by atoms with E-state index < -0.39 is 26.5 Å². The monoisotopic (exact) mass is 392 g/mol. The Hall–Kier alpha value is 0.956. The third kappa shape index (κ3) is 5.94. The van der Waals surface area contributed by atoms with Crippen LogP contribution >= 0.6 is 8.81 Å². The van der Waals surface area contributed by atoms with Crippen molar-refractivity contribution in [2.24, 2.45) is 0 Å². The molecule has 18 heavy (non-hydrogen) atoms. The zero-order valence-electron chi connectivity index (χ0n) is 12.8. The number of hydrogen-bond acceptors (Lipinski definition) is 1. The fourth-order valence-corrected chi connectivity index (χ4v) is 41.7. The van der Waals surface area contributed by atoms with E-state index in [4.69, 9.17) is 4.52 Å². The van der Waals surface area contributed by atoms with Gasteiger partial charge in [-0.25, -0.2) is 0 Å². The van der Waals surface area contributed by atoms with Crippen LogP contribution in [0, 0.1) is 0 Å². The molecular formula is C14H29Ge2OP. The van der Waals surface area contributed by atoms with Crippen LogP contribution in [0.5, 0.6) is 0 Å². The Labute approximate surface area is 120 Å². The van der Waals surface area contributed by atoms with Gasteiger partial charge in [0.25, 0.3) is 0 Å². The Balaban J connectivity index is 2.34. The molecule has 0 amide bonds. The van der Waals surface area contributed by atoms with E-state index in [0.29, 0.717) is 14.5 Å². The van der Waals surface area contributed by atoms with E-state index in [2.05, 4.69) is 58.8 Å². The van der Waals surface area contributed by atoms with Gasteiger partial charge in [-0.2, -0.15) is 0 Å². The van der Waals surface area contributed by atoms with E-state index in [0.717, 1.165) is 10.2 Å². The summed E-state index contributed by atoms with van der Waals surface area (Å²) >= 11 is -3.07. The first-order valence-electron chi connectivity index (χ1n) is 6.93. The molecule has 1 atom stereocenters. The van der Waals surface area contributed by atoms with Gasteiger partial charge in [0.15, 0.2) is 0 Å². The van der Waals surface area contributed by atoms with Gasteiger partial charge in [-0.15, -0.1) is 0 Å².